The van der Waals surface area contributed by atoms with Gasteiger partial charge in [-0.2, -0.15) is 0 Å². The monoisotopic (exact) mass is 288 g/mol. The predicted octanol–water partition coefficient (Wildman–Crippen LogP) is 4.26. The lowest BCUT2D eigenvalue weighted by atomic mass is 9.95. The molecule has 0 atom stereocenters. The molecule has 1 fully saturated rings. The number of halogens is 2. The molecule has 82 valence electrons. The number of benzene rings is 1. The number of hydrogen-bond acceptors (Lipinski definition) is 1. The summed E-state index contributed by atoms with van der Waals surface area (Å²) in [6, 6.07) is 3.91. The average Bonchev–Trinajstić information content (AvgIpc) is 2.07. The maximum Gasteiger partial charge on any atom is 0.125 e. The summed E-state index contributed by atoms with van der Waals surface area (Å²) in [5.74, 6) is 1.00. The van der Waals surface area contributed by atoms with Crippen molar-refractivity contribution in [3.8, 4) is 5.75 Å². The largest absolute Gasteiger partial charge is 0.490 e. The lowest BCUT2D eigenvalue weighted by molar-refractivity contribution is 0.126. The van der Waals surface area contributed by atoms with Crippen molar-refractivity contribution in [2.45, 2.75) is 37.6 Å². The van der Waals surface area contributed by atoms with Gasteiger partial charge in [0.2, 0.25) is 0 Å². The third kappa shape index (κ3) is 2.48. The Hall–Kier alpha value is -0.210. The van der Waals surface area contributed by atoms with Crippen molar-refractivity contribution in [2.24, 2.45) is 0 Å². The average molecular weight is 290 g/mol. The summed E-state index contributed by atoms with van der Waals surface area (Å²) in [5, 5.41) is 0.782. The van der Waals surface area contributed by atoms with Crippen molar-refractivity contribution >= 4 is 27.5 Å². The molecule has 0 heterocycles. The Bertz CT molecular complexity index is 349. The van der Waals surface area contributed by atoms with Gasteiger partial charge in [-0.25, -0.2) is 0 Å². The summed E-state index contributed by atoms with van der Waals surface area (Å²) >= 11 is 9.53. The third-order valence-electron chi connectivity index (χ3n) is 2.75. The Morgan fingerprint density at radius 3 is 2.27 bits per heavy atom. The Kier molecular flexibility index (Phi) is 3.27. The molecule has 15 heavy (non-hydrogen) atoms. The van der Waals surface area contributed by atoms with Crippen LogP contribution in [0.5, 0.6) is 5.75 Å². The zero-order chi connectivity index (χ0) is 11.0. The van der Waals surface area contributed by atoms with E-state index in [4.69, 9.17) is 16.3 Å². The lowest BCUT2D eigenvalue weighted by Crippen LogP contribution is -2.34. The molecule has 1 saturated carbocycles. The Morgan fingerprint density at radius 2 is 1.80 bits per heavy atom. The number of alkyl halides is 1. The van der Waals surface area contributed by atoms with Crippen molar-refractivity contribution < 1.29 is 4.74 Å². The van der Waals surface area contributed by atoms with Crippen LogP contribution in [0.1, 0.15) is 24.0 Å². The highest BCUT2D eigenvalue weighted by atomic mass is 79.9. The molecule has 0 aliphatic heterocycles. The predicted molar refractivity (Wildman–Crippen MR) is 67.3 cm³/mol. The van der Waals surface area contributed by atoms with Crippen LogP contribution in [-0.2, 0) is 0 Å². The molecule has 1 aromatic carbocycles. The first-order chi connectivity index (χ1) is 7.06. The van der Waals surface area contributed by atoms with Gasteiger partial charge < -0.3 is 4.74 Å². The van der Waals surface area contributed by atoms with E-state index in [0.29, 0.717) is 10.9 Å². The summed E-state index contributed by atoms with van der Waals surface area (Å²) < 4.78 is 5.95. The standard InChI is InChI=1S/C12H14BrClO/c1-7-3-10(14)4-8(2)12(7)15-11-5-9(13)6-11/h3-4,9,11H,5-6H2,1-2H3. The van der Waals surface area contributed by atoms with Crippen LogP contribution in [-0.4, -0.2) is 10.9 Å². The van der Waals surface area contributed by atoms with Crippen LogP contribution in [0.15, 0.2) is 12.1 Å². The number of rotatable bonds is 2. The molecule has 0 saturated heterocycles. The van der Waals surface area contributed by atoms with Crippen LogP contribution < -0.4 is 4.74 Å². The van der Waals surface area contributed by atoms with Crippen LogP contribution in [0.3, 0.4) is 0 Å². The number of hydrogen-bond donors (Lipinski definition) is 0. The van der Waals surface area contributed by atoms with E-state index in [9.17, 15) is 0 Å². The highest BCUT2D eigenvalue weighted by molar-refractivity contribution is 9.09. The van der Waals surface area contributed by atoms with Gasteiger partial charge >= 0.3 is 0 Å². The van der Waals surface area contributed by atoms with Crippen molar-refractivity contribution in [3.63, 3.8) is 0 Å². The van der Waals surface area contributed by atoms with Gasteiger partial charge in [0.15, 0.2) is 0 Å². The number of ether oxygens (including phenoxy) is 1. The molecule has 3 heteroatoms. The van der Waals surface area contributed by atoms with Crippen LogP contribution in [0.25, 0.3) is 0 Å². The van der Waals surface area contributed by atoms with E-state index in [2.05, 4.69) is 15.9 Å². The van der Waals surface area contributed by atoms with Crippen LogP contribution in [0.4, 0.5) is 0 Å². The van der Waals surface area contributed by atoms with Crippen molar-refractivity contribution in [2.75, 3.05) is 0 Å². The minimum atomic E-state index is 0.368. The van der Waals surface area contributed by atoms with E-state index in [1.807, 2.05) is 26.0 Å². The molecule has 1 aromatic rings. The normalized spacial score (nSPS) is 24.8. The maximum atomic E-state index is 5.97. The van der Waals surface area contributed by atoms with Gasteiger partial charge in [0.05, 0.1) is 0 Å². The van der Waals surface area contributed by atoms with Gasteiger partial charge in [0.1, 0.15) is 11.9 Å². The van der Waals surface area contributed by atoms with E-state index >= 15 is 0 Å². The SMILES string of the molecule is Cc1cc(Cl)cc(C)c1OC1CC(Br)C1. The molecular weight excluding hydrogens is 275 g/mol. The quantitative estimate of drug-likeness (QED) is 0.739. The Balaban J connectivity index is 2.14. The van der Waals surface area contributed by atoms with E-state index in [0.717, 1.165) is 34.7 Å². The van der Waals surface area contributed by atoms with Crippen molar-refractivity contribution in [1.82, 2.24) is 0 Å². The summed E-state index contributed by atoms with van der Waals surface area (Å²) in [4.78, 5) is 0.635. The van der Waals surface area contributed by atoms with Gasteiger partial charge in [-0.15, -0.1) is 0 Å². The highest BCUT2D eigenvalue weighted by Gasteiger charge is 2.29. The molecule has 0 aromatic heterocycles. The fourth-order valence-corrected chi connectivity index (χ4v) is 3.01. The minimum absolute atomic E-state index is 0.368. The summed E-state index contributed by atoms with van der Waals surface area (Å²) in [6.45, 7) is 4.08. The number of aryl methyl sites for hydroxylation is 2. The molecule has 0 N–H and O–H groups in total. The summed E-state index contributed by atoms with van der Waals surface area (Å²) in [7, 11) is 0. The Morgan fingerprint density at radius 1 is 1.27 bits per heavy atom. The van der Waals surface area contributed by atoms with Crippen molar-refractivity contribution in [3.05, 3.63) is 28.3 Å². The van der Waals surface area contributed by atoms with Gasteiger partial charge in [-0.05, 0) is 49.9 Å². The maximum absolute atomic E-state index is 5.97. The second kappa shape index (κ2) is 4.34. The Labute approximate surface area is 104 Å². The summed E-state index contributed by atoms with van der Waals surface area (Å²) in [6.07, 6.45) is 2.57. The van der Waals surface area contributed by atoms with Gasteiger partial charge in [-0.3, -0.25) is 0 Å². The smallest absolute Gasteiger partial charge is 0.125 e. The van der Waals surface area contributed by atoms with E-state index < -0.39 is 0 Å². The lowest BCUT2D eigenvalue weighted by Gasteiger charge is -2.32. The zero-order valence-electron chi connectivity index (χ0n) is 8.89. The zero-order valence-corrected chi connectivity index (χ0v) is 11.2. The first kappa shape index (κ1) is 11.3. The van der Waals surface area contributed by atoms with Gasteiger partial charge in [0, 0.05) is 9.85 Å². The first-order valence-corrected chi connectivity index (χ1v) is 6.43. The van der Waals surface area contributed by atoms with Gasteiger partial charge in [-0.1, -0.05) is 27.5 Å². The highest BCUT2D eigenvalue weighted by Crippen LogP contribution is 2.34. The topological polar surface area (TPSA) is 9.23 Å². The van der Waals surface area contributed by atoms with Gasteiger partial charge in [0.25, 0.3) is 0 Å². The minimum Gasteiger partial charge on any atom is -0.490 e. The summed E-state index contributed by atoms with van der Waals surface area (Å²) in [5.41, 5.74) is 2.25. The van der Waals surface area contributed by atoms with Crippen LogP contribution in [0.2, 0.25) is 5.02 Å². The molecule has 0 radical (unpaired) electrons. The molecular formula is C12H14BrClO. The van der Waals surface area contributed by atoms with E-state index in [-0.39, 0.29) is 0 Å². The molecule has 0 unspecified atom stereocenters. The molecule has 0 spiro atoms. The van der Waals surface area contributed by atoms with E-state index in [1.165, 1.54) is 0 Å². The molecule has 1 nitrogen and oxygen atoms in total. The second-order valence-corrected chi connectivity index (χ2v) is 5.91. The fourth-order valence-electron chi connectivity index (χ4n) is 1.85. The van der Waals surface area contributed by atoms with Crippen LogP contribution in [0, 0.1) is 13.8 Å². The third-order valence-corrected chi connectivity index (χ3v) is 3.71. The fraction of sp³-hybridized carbons (Fsp3) is 0.500. The van der Waals surface area contributed by atoms with E-state index in [1.54, 1.807) is 0 Å². The molecule has 1 aliphatic rings. The molecule has 0 amide bonds. The molecule has 1 aliphatic carbocycles. The van der Waals surface area contributed by atoms with Crippen LogP contribution >= 0.6 is 27.5 Å². The molecule has 0 bridgehead atoms. The molecule has 2 rings (SSSR count). The second-order valence-electron chi connectivity index (χ2n) is 4.18. The first-order valence-electron chi connectivity index (χ1n) is 5.13. The van der Waals surface area contributed by atoms with Crippen molar-refractivity contribution in [1.29, 1.82) is 0 Å².